The summed E-state index contributed by atoms with van der Waals surface area (Å²) in [6, 6.07) is 20.8. The number of aryl methyl sites for hydroxylation is 2. The maximum atomic E-state index is 6.55. The molecule has 0 unspecified atom stereocenters. The number of hydrogen-bond donors (Lipinski definition) is 0. The van der Waals surface area contributed by atoms with Crippen LogP contribution in [0, 0.1) is 17.8 Å². The predicted octanol–water partition coefficient (Wildman–Crippen LogP) is 4.83. The van der Waals surface area contributed by atoms with Gasteiger partial charge in [-0.15, -0.1) is 0 Å². The minimum Gasteiger partial charge on any atom is -0.458 e. The van der Waals surface area contributed by atoms with E-state index >= 15 is 0 Å². The summed E-state index contributed by atoms with van der Waals surface area (Å²) in [6.45, 7) is 0.284. The average molecular weight is 429 g/mol. The number of rotatable bonds is 1. The van der Waals surface area contributed by atoms with Crippen LogP contribution in [0.5, 0.6) is 11.5 Å². The topological polar surface area (TPSA) is 12.5 Å². The molecule has 0 atom stereocenters. The first-order valence-corrected chi connectivity index (χ1v) is 13.1. The first-order valence-electron chi connectivity index (χ1n) is 13.1. The lowest BCUT2D eigenvalue weighted by molar-refractivity contribution is 0.000622. The van der Waals surface area contributed by atoms with E-state index in [0.29, 0.717) is 5.54 Å². The Bertz CT molecular complexity index is 1320. The van der Waals surface area contributed by atoms with E-state index in [0.717, 1.165) is 29.3 Å². The molecule has 4 bridgehead atoms. The molecular formula is C30H28BNO. The van der Waals surface area contributed by atoms with Crippen molar-refractivity contribution in [2.45, 2.75) is 56.9 Å². The van der Waals surface area contributed by atoms with Gasteiger partial charge in [0, 0.05) is 16.9 Å². The molecule has 0 radical (unpaired) electrons. The Kier molecular flexibility index (Phi) is 3.16. The molecule has 0 N–H and O–H groups in total. The van der Waals surface area contributed by atoms with Crippen LogP contribution in [0.2, 0.25) is 0 Å². The number of fused-ring (bicyclic) bond motifs is 5. The smallest absolute Gasteiger partial charge is 0.256 e. The lowest BCUT2D eigenvalue weighted by Crippen LogP contribution is -2.66. The van der Waals surface area contributed by atoms with Gasteiger partial charge in [0.2, 0.25) is 0 Å². The van der Waals surface area contributed by atoms with E-state index in [1.165, 1.54) is 79.1 Å². The van der Waals surface area contributed by atoms with Crippen molar-refractivity contribution in [1.29, 1.82) is 0 Å². The van der Waals surface area contributed by atoms with Gasteiger partial charge in [-0.1, -0.05) is 30.3 Å². The zero-order chi connectivity index (χ0) is 21.3. The molecule has 3 heteroatoms. The third kappa shape index (κ3) is 2.18. The van der Waals surface area contributed by atoms with Crippen LogP contribution in [0.25, 0.3) is 0 Å². The van der Waals surface area contributed by atoms with Gasteiger partial charge in [-0.3, -0.25) is 0 Å². The van der Waals surface area contributed by atoms with Gasteiger partial charge in [-0.2, -0.15) is 0 Å². The van der Waals surface area contributed by atoms with Crippen molar-refractivity contribution in [3.8, 4) is 11.5 Å². The molecule has 2 aliphatic heterocycles. The lowest BCUT2D eigenvalue weighted by atomic mass is 9.33. The SMILES string of the molecule is c1ccc2c(c1)Oc1cccc3c1B2c1cc2c(cc1N3C13CC4CC(CC(C4)C1)C3)CC2. The van der Waals surface area contributed by atoms with E-state index in [4.69, 9.17) is 4.74 Å². The second kappa shape index (κ2) is 5.87. The van der Waals surface area contributed by atoms with E-state index in [9.17, 15) is 0 Å². The van der Waals surface area contributed by atoms with E-state index in [2.05, 4.69) is 59.5 Å². The maximum Gasteiger partial charge on any atom is 0.256 e. The van der Waals surface area contributed by atoms with Crippen LogP contribution in [-0.2, 0) is 12.8 Å². The molecule has 3 aromatic rings. The third-order valence-corrected chi connectivity index (χ3v) is 10.1. The first kappa shape index (κ1) is 17.8. The Morgan fingerprint density at radius 1 is 0.727 bits per heavy atom. The van der Waals surface area contributed by atoms with E-state index in [1.54, 1.807) is 11.1 Å². The maximum absolute atomic E-state index is 6.55. The Morgan fingerprint density at radius 3 is 2.18 bits per heavy atom. The molecule has 2 heterocycles. The van der Waals surface area contributed by atoms with Gasteiger partial charge in [0.25, 0.3) is 6.71 Å². The van der Waals surface area contributed by atoms with Crippen molar-refractivity contribution in [2.75, 3.05) is 4.90 Å². The molecular weight excluding hydrogens is 401 g/mol. The number of anilines is 2. The van der Waals surface area contributed by atoms with E-state index in [1.807, 2.05) is 0 Å². The van der Waals surface area contributed by atoms with Crippen molar-refractivity contribution in [3.05, 3.63) is 65.7 Å². The third-order valence-electron chi connectivity index (χ3n) is 10.1. The van der Waals surface area contributed by atoms with Crippen molar-refractivity contribution >= 4 is 34.5 Å². The van der Waals surface area contributed by atoms with Crippen molar-refractivity contribution in [2.24, 2.45) is 17.8 Å². The van der Waals surface area contributed by atoms with Crippen LogP contribution in [0.4, 0.5) is 11.4 Å². The molecule has 0 saturated heterocycles. The molecule has 162 valence electrons. The monoisotopic (exact) mass is 429 g/mol. The normalized spacial score (nSPS) is 31.2. The number of ether oxygens (including phenoxy) is 1. The minimum absolute atomic E-state index is 0.284. The average Bonchev–Trinajstić information content (AvgIpc) is 2.79. The second-order valence-electron chi connectivity index (χ2n) is 11.9. The quantitative estimate of drug-likeness (QED) is 0.402. The van der Waals surface area contributed by atoms with Gasteiger partial charge in [-0.05, 0) is 121 Å². The molecule has 5 aliphatic carbocycles. The first-order chi connectivity index (χ1) is 16.3. The highest BCUT2D eigenvalue weighted by molar-refractivity contribution is 6.99. The highest BCUT2D eigenvalue weighted by Gasteiger charge is 2.56. The number of para-hydroxylation sites is 1. The van der Waals surface area contributed by atoms with Gasteiger partial charge in [-0.25, -0.2) is 0 Å². The molecule has 2 nitrogen and oxygen atoms in total. The molecule has 4 saturated carbocycles. The van der Waals surface area contributed by atoms with Crippen LogP contribution < -0.4 is 26.0 Å². The standard InChI is InChI=1S/C30H28BNO/c1-2-6-27-23(4-1)31-24-13-21-8-9-22(21)14-26(24)32(25-5-3-7-28(33-27)29(25)31)30-15-18-10-19(16-30)12-20(11-18)17-30/h1-7,13-14,18-20H,8-12,15-17H2. The van der Waals surface area contributed by atoms with Crippen molar-refractivity contribution < 1.29 is 4.74 Å². The van der Waals surface area contributed by atoms with E-state index in [-0.39, 0.29) is 6.71 Å². The van der Waals surface area contributed by atoms with Gasteiger partial charge >= 0.3 is 0 Å². The highest BCUT2D eigenvalue weighted by atomic mass is 16.5. The van der Waals surface area contributed by atoms with Crippen LogP contribution >= 0.6 is 0 Å². The summed E-state index contributed by atoms with van der Waals surface area (Å²) < 4.78 is 6.55. The summed E-state index contributed by atoms with van der Waals surface area (Å²) in [5, 5.41) is 0. The second-order valence-corrected chi connectivity index (χ2v) is 11.9. The zero-order valence-corrected chi connectivity index (χ0v) is 19.0. The summed E-state index contributed by atoms with van der Waals surface area (Å²) in [5.41, 5.74) is 10.7. The summed E-state index contributed by atoms with van der Waals surface area (Å²) in [6.07, 6.45) is 11.1. The molecule has 0 amide bonds. The molecule has 4 fully saturated rings. The Morgan fingerprint density at radius 2 is 1.42 bits per heavy atom. The molecule has 0 aromatic heterocycles. The lowest BCUT2D eigenvalue weighted by Gasteiger charge is -2.62. The Labute approximate surface area is 196 Å². The summed E-state index contributed by atoms with van der Waals surface area (Å²) in [7, 11) is 0. The molecule has 0 spiro atoms. The molecule has 7 aliphatic rings. The molecule has 3 aromatic carbocycles. The summed E-state index contributed by atoms with van der Waals surface area (Å²) in [5.74, 6) is 4.89. The van der Waals surface area contributed by atoms with Crippen molar-refractivity contribution in [1.82, 2.24) is 0 Å². The number of benzene rings is 3. The van der Waals surface area contributed by atoms with Crippen LogP contribution in [-0.4, -0.2) is 12.3 Å². The fourth-order valence-electron chi connectivity index (χ4n) is 9.17. The van der Waals surface area contributed by atoms with Gasteiger partial charge in [0.1, 0.15) is 11.5 Å². The summed E-state index contributed by atoms with van der Waals surface area (Å²) in [4.78, 5) is 2.87. The van der Waals surface area contributed by atoms with Crippen LogP contribution in [0.15, 0.2) is 54.6 Å². The number of nitrogens with zero attached hydrogens (tertiary/aromatic N) is 1. The summed E-state index contributed by atoms with van der Waals surface area (Å²) >= 11 is 0. The van der Waals surface area contributed by atoms with Gasteiger partial charge in [0.05, 0.1) is 0 Å². The molecule has 33 heavy (non-hydrogen) atoms. The fourth-order valence-corrected chi connectivity index (χ4v) is 9.17. The minimum atomic E-state index is 0.284. The Hall–Kier alpha value is -2.68. The largest absolute Gasteiger partial charge is 0.458 e. The van der Waals surface area contributed by atoms with Gasteiger partial charge < -0.3 is 9.64 Å². The zero-order valence-electron chi connectivity index (χ0n) is 19.0. The van der Waals surface area contributed by atoms with Crippen LogP contribution in [0.1, 0.15) is 49.7 Å². The van der Waals surface area contributed by atoms with Crippen LogP contribution in [0.3, 0.4) is 0 Å². The fraction of sp³-hybridized carbons (Fsp3) is 0.400. The van der Waals surface area contributed by atoms with E-state index < -0.39 is 0 Å². The molecule has 10 rings (SSSR count). The highest BCUT2D eigenvalue weighted by Crippen LogP contribution is 2.60. The predicted molar refractivity (Wildman–Crippen MR) is 135 cm³/mol. The van der Waals surface area contributed by atoms with Gasteiger partial charge in [0.15, 0.2) is 0 Å². The Balaban J connectivity index is 1.34. The number of hydrogen-bond acceptors (Lipinski definition) is 2. The van der Waals surface area contributed by atoms with Crippen molar-refractivity contribution in [3.63, 3.8) is 0 Å².